The van der Waals surface area contributed by atoms with E-state index in [0.29, 0.717) is 37.8 Å². The Balaban J connectivity index is 1.98. The van der Waals surface area contributed by atoms with Crippen LogP contribution in [0.25, 0.3) is 0 Å². The summed E-state index contributed by atoms with van der Waals surface area (Å²) in [7, 11) is 3.25. The predicted molar refractivity (Wildman–Crippen MR) is 102 cm³/mol. The highest BCUT2D eigenvalue weighted by atomic mass is 32.1. The van der Waals surface area contributed by atoms with Gasteiger partial charge in [-0.25, -0.2) is 4.98 Å². The summed E-state index contributed by atoms with van der Waals surface area (Å²) in [5.41, 5.74) is 0.860. The number of carbonyl (C=O) groups is 1. The van der Waals surface area contributed by atoms with Crippen molar-refractivity contribution in [1.29, 1.82) is 0 Å². The third-order valence-electron chi connectivity index (χ3n) is 3.74. The molecule has 0 aliphatic heterocycles. The van der Waals surface area contributed by atoms with Crippen LogP contribution in [0.2, 0.25) is 0 Å². The van der Waals surface area contributed by atoms with Crippen LogP contribution in [0.15, 0.2) is 29.6 Å². The fourth-order valence-corrected chi connectivity index (χ4v) is 3.09. The van der Waals surface area contributed by atoms with Crippen molar-refractivity contribution in [2.24, 2.45) is 5.92 Å². The summed E-state index contributed by atoms with van der Waals surface area (Å²) in [5, 5.41) is 2.82. The fraction of sp³-hybridized carbons (Fsp3) is 0.474. The minimum atomic E-state index is -0.0566. The number of methoxy groups -OCH3 is 2. The van der Waals surface area contributed by atoms with Crippen molar-refractivity contribution < 1.29 is 19.0 Å². The van der Waals surface area contributed by atoms with E-state index in [4.69, 9.17) is 14.2 Å². The monoisotopic (exact) mass is 378 g/mol. The average Bonchev–Trinajstić information content (AvgIpc) is 3.10. The van der Waals surface area contributed by atoms with Crippen molar-refractivity contribution in [3.05, 3.63) is 40.3 Å². The van der Waals surface area contributed by atoms with Gasteiger partial charge in [0.1, 0.15) is 11.6 Å². The molecule has 0 fully saturated rings. The van der Waals surface area contributed by atoms with Gasteiger partial charge in [0.2, 0.25) is 5.91 Å². The molecule has 6 nitrogen and oxygen atoms in total. The third kappa shape index (κ3) is 5.71. The average molecular weight is 378 g/mol. The standard InChI is InChI=1S/C19H26N2O4S/c1-14(2)19(22)21(9-10-23-3)11-15-13-26-18(20-15)12-25-17-8-6-5-7-16(17)24-4/h5-8,13-14H,9-12H2,1-4H3. The summed E-state index contributed by atoms with van der Waals surface area (Å²) < 4.78 is 16.2. The van der Waals surface area contributed by atoms with Crippen molar-refractivity contribution in [2.75, 3.05) is 27.4 Å². The van der Waals surface area contributed by atoms with Gasteiger partial charge in [0.05, 0.1) is 26.0 Å². The number of thiazole rings is 1. The first-order valence-corrected chi connectivity index (χ1v) is 9.40. The van der Waals surface area contributed by atoms with E-state index in [2.05, 4.69) is 4.98 Å². The van der Waals surface area contributed by atoms with Crippen LogP contribution in [0.5, 0.6) is 11.5 Å². The number of ether oxygens (including phenoxy) is 3. The minimum absolute atomic E-state index is 0.0566. The molecule has 0 aliphatic carbocycles. The first-order valence-electron chi connectivity index (χ1n) is 8.52. The zero-order valence-electron chi connectivity index (χ0n) is 15.7. The molecule has 1 amide bonds. The molecule has 0 bridgehead atoms. The first kappa shape index (κ1) is 20.2. The first-order chi connectivity index (χ1) is 12.5. The van der Waals surface area contributed by atoms with Gasteiger partial charge in [-0.15, -0.1) is 11.3 Å². The number of hydrogen-bond donors (Lipinski definition) is 0. The molecule has 0 unspecified atom stereocenters. The Morgan fingerprint density at radius 1 is 1.23 bits per heavy atom. The number of rotatable bonds is 10. The summed E-state index contributed by atoms with van der Waals surface area (Å²) in [5.74, 6) is 1.42. The summed E-state index contributed by atoms with van der Waals surface area (Å²) >= 11 is 1.52. The second-order valence-electron chi connectivity index (χ2n) is 6.08. The van der Waals surface area contributed by atoms with E-state index in [1.54, 1.807) is 19.1 Å². The second kappa shape index (κ2) is 10.1. The van der Waals surface area contributed by atoms with E-state index >= 15 is 0 Å². The maximum Gasteiger partial charge on any atom is 0.225 e. The quantitative estimate of drug-likeness (QED) is 0.634. The molecule has 142 valence electrons. The van der Waals surface area contributed by atoms with Crippen molar-refractivity contribution >= 4 is 17.2 Å². The Hall–Kier alpha value is -2.12. The lowest BCUT2D eigenvalue weighted by atomic mass is 10.2. The molecule has 0 radical (unpaired) electrons. The summed E-state index contributed by atoms with van der Waals surface area (Å²) in [6, 6.07) is 7.51. The van der Waals surface area contributed by atoms with Crippen molar-refractivity contribution in [1.82, 2.24) is 9.88 Å². The van der Waals surface area contributed by atoms with Crippen LogP contribution in [0, 0.1) is 5.92 Å². The third-order valence-corrected chi connectivity index (χ3v) is 4.61. The Morgan fingerprint density at radius 2 is 1.96 bits per heavy atom. The number of aromatic nitrogens is 1. The summed E-state index contributed by atoms with van der Waals surface area (Å²) in [6.07, 6.45) is 0. The van der Waals surface area contributed by atoms with Gasteiger partial charge in [-0.1, -0.05) is 26.0 Å². The van der Waals surface area contributed by atoms with Crippen LogP contribution < -0.4 is 9.47 Å². The largest absolute Gasteiger partial charge is 0.493 e. The SMILES string of the molecule is COCCN(Cc1csc(COc2ccccc2OC)n1)C(=O)C(C)C. The smallest absolute Gasteiger partial charge is 0.225 e. The molecule has 0 spiro atoms. The molecule has 2 aromatic rings. The molecule has 7 heteroatoms. The molecule has 0 atom stereocenters. The zero-order valence-corrected chi connectivity index (χ0v) is 16.5. The van der Waals surface area contributed by atoms with Crippen LogP contribution in [-0.2, 0) is 22.7 Å². The molecule has 1 aromatic carbocycles. The van der Waals surface area contributed by atoms with E-state index in [1.807, 2.05) is 43.5 Å². The Bertz CT molecular complexity index is 702. The molecule has 0 N–H and O–H groups in total. The maximum absolute atomic E-state index is 12.3. The maximum atomic E-state index is 12.3. The van der Waals surface area contributed by atoms with Crippen molar-refractivity contribution in [2.45, 2.75) is 27.0 Å². The van der Waals surface area contributed by atoms with E-state index < -0.39 is 0 Å². The highest BCUT2D eigenvalue weighted by molar-refractivity contribution is 7.09. The molecular weight excluding hydrogens is 352 g/mol. The minimum Gasteiger partial charge on any atom is -0.493 e. The van der Waals surface area contributed by atoms with Gasteiger partial charge < -0.3 is 19.1 Å². The van der Waals surface area contributed by atoms with Crippen LogP contribution in [0.1, 0.15) is 24.5 Å². The zero-order chi connectivity index (χ0) is 18.9. The van der Waals surface area contributed by atoms with Gasteiger partial charge in [-0.2, -0.15) is 0 Å². The Labute approximate surface area is 158 Å². The van der Waals surface area contributed by atoms with E-state index in [-0.39, 0.29) is 11.8 Å². The highest BCUT2D eigenvalue weighted by Gasteiger charge is 2.18. The molecule has 1 heterocycles. The molecule has 0 saturated carbocycles. The molecule has 0 aliphatic rings. The van der Waals surface area contributed by atoms with Gasteiger partial charge in [-0.3, -0.25) is 4.79 Å². The number of nitrogens with zero attached hydrogens (tertiary/aromatic N) is 2. The van der Waals surface area contributed by atoms with Crippen LogP contribution in [-0.4, -0.2) is 43.2 Å². The molecular formula is C19H26N2O4S. The molecule has 0 saturated heterocycles. The lowest BCUT2D eigenvalue weighted by Gasteiger charge is -2.23. The van der Waals surface area contributed by atoms with Crippen LogP contribution >= 0.6 is 11.3 Å². The summed E-state index contributed by atoms with van der Waals surface area (Å²) in [6.45, 7) is 5.70. The van der Waals surface area contributed by atoms with E-state index in [1.165, 1.54) is 11.3 Å². The number of carbonyl (C=O) groups excluding carboxylic acids is 1. The second-order valence-corrected chi connectivity index (χ2v) is 7.02. The number of amides is 1. The van der Waals surface area contributed by atoms with E-state index in [9.17, 15) is 4.79 Å². The molecule has 1 aromatic heterocycles. The van der Waals surface area contributed by atoms with E-state index in [0.717, 1.165) is 10.7 Å². The molecule has 2 rings (SSSR count). The van der Waals surface area contributed by atoms with Gasteiger partial charge in [0.15, 0.2) is 11.5 Å². The Kier molecular flexibility index (Phi) is 7.87. The van der Waals surface area contributed by atoms with Gasteiger partial charge in [0.25, 0.3) is 0 Å². The highest BCUT2D eigenvalue weighted by Crippen LogP contribution is 2.27. The lowest BCUT2D eigenvalue weighted by molar-refractivity contribution is -0.135. The van der Waals surface area contributed by atoms with Gasteiger partial charge in [0, 0.05) is 25.0 Å². The lowest BCUT2D eigenvalue weighted by Crippen LogP contribution is -2.36. The number of para-hydroxylation sites is 2. The number of benzene rings is 1. The normalized spacial score (nSPS) is 10.8. The Morgan fingerprint density at radius 3 is 2.62 bits per heavy atom. The van der Waals surface area contributed by atoms with Crippen LogP contribution in [0.4, 0.5) is 0 Å². The van der Waals surface area contributed by atoms with Crippen molar-refractivity contribution in [3.63, 3.8) is 0 Å². The number of hydrogen-bond acceptors (Lipinski definition) is 6. The predicted octanol–water partition coefficient (Wildman–Crippen LogP) is 3.36. The van der Waals surface area contributed by atoms with Crippen molar-refractivity contribution in [3.8, 4) is 11.5 Å². The fourth-order valence-electron chi connectivity index (χ4n) is 2.39. The topological polar surface area (TPSA) is 60.9 Å². The van der Waals surface area contributed by atoms with Gasteiger partial charge in [-0.05, 0) is 12.1 Å². The molecule has 26 heavy (non-hydrogen) atoms. The summed E-state index contributed by atoms with van der Waals surface area (Å²) in [4.78, 5) is 18.7. The van der Waals surface area contributed by atoms with Gasteiger partial charge >= 0.3 is 0 Å². The van der Waals surface area contributed by atoms with Crippen LogP contribution in [0.3, 0.4) is 0 Å².